The number of nitrogens with one attached hydrogen (secondary N) is 1. The van der Waals surface area contributed by atoms with Gasteiger partial charge in [-0.05, 0) is 49.7 Å². The average molecular weight is 349 g/mol. The topological polar surface area (TPSA) is 79.4 Å². The highest BCUT2D eigenvalue weighted by atomic mass is 32.2. The van der Waals surface area contributed by atoms with Crippen LogP contribution >= 0.6 is 0 Å². The standard InChI is InChI=1S/C17H23N3O3S/c21-17(5-4-14-6-8-18-9-7-14)19-15-12-24(22,23)13-16(15)20-10-2-1-3-11-20/h4-9,15-16H,1-3,10-13H2,(H,19,21)/b5-4-/t15-,16+/m1/s1. The summed E-state index contributed by atoms with van der Waals surface area (Å²) in [5, 5.41) is 2.89. The molecule has 2 aliphatic heterocycles. The summed E-state index contributed by atoms with van der Waals surface area (Å²) in [7, 11) is -3.10. The Bertz CT molecular complexity index is 697. The molecule has 1 N–H and O–H groups in total. The van der Waals surface area contributed by atoms with Gasteiger partial charge in [-0.25, -0.2) is 8.42 Å². The molecule has 7 heteroatoms. The molecule has 0 aromatic carbocycles. The number of pyridine rings is 1. The molecule has 2 aliphatic rings. The summed E-state index contributed by atoms with van der Waals surface area (Å²) in [5.74, 6) is -0.0782. The number of sulfone groups is 1. The zero-order valence-corrected chi connectivity index (χ0v) is 14.4. The lowest BCUT2D eigenvalue weighted by Gasteiger charge is -2.34. The number of hydrogen-bond donors (Lipinski definition) is 1. The van der Waals surface area contributed by atoms with Crippen molar-refractivity contribution in [3.8, 4) is 0 Å². The van der Waals surface area contributed by atoms with Crippen LogP contribution in [0.2, 0.25) is 0 Å². The summed E-state index contributed by atoms with van der Waals surface area (Å²) in [6, 6.07) is 3.18. The summed E-state index contributed by atoms with van der Waals surface area (Å²) in [6.45, 7) is 1.83. The smallest absolute Gasteiger partial charge is 0.244 e. The van der Waals surface area contributed by atoms with Gasteiger partial charge in [0.25, 0.3) is 0 Å². The highest BCUT2D eigenvalue weighted by molar-refractivity contribution is 7.91. The van der Waals surface area contributed by atoms with Gasteiger partial charge in [-0.3, -0.25) is 14.7 Å². The SMILES string of the molecule is O=C(/C=C\c1ccncc1)N[C@@H]1CS(=O)(=O)C[C@@H]1N1CCCCC1. The third-order valence-corrected chi connectivity index (χ3v) is 6.36. The second kappa shape index (κ2) is 7.44. The number of rotatable bonds is 4. The minimum atomic E-state index is -3.10. The van der Waals surface area contributed by atoms with Gasteiger partial charge in [-0.15, -0.1) is 0 Å². The number of aromatic nitrogens is 1. The molecule has 0 bridgehead atoms. The van der Waals surface area contributed by atoms with Crippen LogP contribution in [-0.2, 0) is 14.6 Å². The van der Waals surface area contributed by atoms with Crippen molar-refractivity contribution in [3.05, 3.63) is 36.2 Å². The molecule has 2 saturated heterocycles. The molecule has 24 heavy (non-hydrogen) atoms. The Hall–Kier alpha value is -1.73. The molecule has 1 amide bonds. The van der Waals surface area contributed by atoms with E-state index in [9.17, 15) is 13.2 Å². The Labute approximate surface area is 142 Å². The van der Waals surface area contributed by atoms with E-state index in [-0.39, 0.29) is 29.5 Å². The quantitative estimate of drug-likeness (QED) is 0.816. The fourth-order valence-electron chi connectivity index (χ4n) is 3.45. The Morgan fingerprint density at radius 3 is 2.58 bits per heavy atom. The fourth-order valence-corrected chi connectivity index (χ4v) is 5.41. The van der Waals surface area contributed by atoms with Crippen LogP contribution < -0.4 is 5.32 Å². The van der Waals surface area contributed by atoms with E-state index in [0.29, 0.717) is 0 Å². The number of hydrogen-bond acceptors (Lipinski definition) is 5. The van der Waals surface area contributed by atoms with Gasteiger partial charge in [0, 0.05) is 24.5 Å². The molecule has 3 heterocycles. The van der Waals surface area contributed by atoms with E-state index in [0.717, 1.165) is 31.5 Å². The number of amides is 1. The largest absolute Gasteiger partial charge is 0.347 e. The molecule has 2 fully saturated rings. The molecule has 130 valence electrons. The van der Waals surface area contributed by atoms with E-state index in [1.54, 1.807) is 30.6 Å². The first-order chi connectivity index (χ1) is 11.5. The molecular weight excluding hydrogens is 326 g/mol. The van der Waals surface area contributed by atoms with Crippen LogP contribution in [-0.4, -0.2) is 60.9 Å². The van der Waals surface area contributed by atoms with Crippen molar-refractivity contribution in [1.82, 2.24) is 15.2 Å². The first-order valence-corrected chi connectivity index (χ1v) is 10.2. The van der Waals surface area contributed by atoms with Crippen molar-refractivity contribution in [1.29, 1.82) is 0 Å². The first kappa shape index (κ1) is 17.1. The summed E-state index contributed by atoms with van der Waals surface area (Å²) in [5.41, 5.74) is 0.881. The van der Waals surface area contributed by atoms with Gasteiger partial charge in [0.2, 0.25) is 5.91 Å². The van der Waals surface area contributed by atoms with Gasteiger partial charge < -0.3 is 5.32 Å². The van der Waals surface area contributed by atoms with Crippen molar-refractivity contribution in [2.75, 3.05) is 24.6 Å². The highest BCUT2D eigenvalue weighted by Gasteiger charge is 2.41. The number of carbonyl (C=O) groups is 1. The van der Waals surface area contributed by atoms with Gasteiger partial charge in [-0.1, -0.05) is 6.42 Å². The van der Waals surface area contributed by atoms with Crippen LogP contribution in [0, 0.1) is 0 Å². The molecule has 0 spiro atoms. The highest BCUT2D eigenvalue weighted by Crippen LogP contribution is 2.22. The molecule has 0 aliphatic carbocycles. The number of likely N-dealkylation sites (tertiary alicyclic amines) is 1. The minimum Gasteiger partial charge on any atom is -0.347 e. The molecular formula is C17H23N3O3S. The fraction of sp³-hybridized carbons (Fsp3) is 0.529. The Balaban J connectivity index is 1.65. The van der Waals surface area contributed by atoms with Gasteiger partial charge in [0.05, 0.1) is 17.5 Å². The van der Waals surface area contributed by atoms with Gasteiger partial charge >= 0.3 is 0 Å². The Morgan fingerprint density at radius 2 is 1.88 bits per heavy atom. The lowest BCUT2D eigenvalue weighted by atomic mass is 10.0. The minimum absolute atomic E-state index is 0.0308. The first-order valence-electron chi connectivity index (χ1n) is 8.37. The zero-order valence-electron chi connectivity index (χ0n) is 13.6. The van der Waals surface area contributed by atoms with Crippen molar-refractivity contribution < 1.29 is 13.2 Å². The van der Waals surface area contributed by atoms with Crippen molar-refractivity contribution in [2.45, 2.75) is 31.3 Å². The summed E-state index contributed by atoms with van der Waals surface area (Å²) < 4.78 is 24.1. The Kier molecular flexibility index (Phi) is 5.30. The molecule has 0 saturated carbocycles. The maximum atomic E-state index is 12.2. The number of nitrogens with zero attached hydrogens (tertiary/aromatic N) is 2. The summed E-state index contributed by atoms with van der Waals surface area (Å²) in [6.07, 6.45) is 9.87. The van der Waals surface area contributed by atoms with E-state index in [2.05, 4.69) is 15.2 Å². The maximum absolute atomic E-state index is 12.2. The van der Waals surface area contributed by atoms with E-state index in [4.69, 9.17) is 0 Å². The third-order valence-electron chi connectivity index (χ3n) is 4.64. The van der Waals surface area contributed by atoms with Crippen LogP contribution in [0.1, 0.15) is 24.8 Å². The molecule has 2 atom stereocenters. The van der Waals surface area contributed by atoms with E-state index in [1.165, 1.54) is 12.5 Å². The number of piperidine rings is 1. The van der Waals surface area contributed by atoms with Crippen molar-refractivity contribution >= 4 is 21.8 Å². The third kappa shape index (κ3) is 4.42. The van der Waals surface area contributed by atoms with Crippen molar-refractivity contribution in [3.63, 3.8) is 0 Å². The van der Waals surface area contributed by atoms with Gasteiger partial charge in [0.15, 0.2) is 9.84 Å². The second-order valence-electron chi connectivity index (χ2n) is 6.47. The molecule has 3 rings (SSSR count). The van der Waals surface area contributed by atoms with Crippen LogP contribution in [0.3, 0.4) is 0 Å². The predicted molar refractivity (Wildman–Crippen MR) is 93.1 cm³/mol. The van der Waals surface area contributed by atoms with Crippen LogP contribution in [0.5, 0.6) is 0 Å². The monoisotopic (exact) mass is 349 g/mol. The van der Waals surface area contributed by atoms with E-state index >= 15 is 0 Å². The Morgan fingerprint density at radius 1 is 1.17 bits per heavy atom. The molecule has 1 aromatic heterocycles. The zero-order chi connectivity index (χ0) is 17.0. The van der Waals surface area contributed by atoms with Crippen LogP contribution in [0.25, 0.3) is 6.08 Å². The van der Waals surface area contributed by atoms with E-state index < -0.39 is 9.84 Å². The average Bonchev–Trinajstić information content (AvgIpc) is 2.89. The van der Waals surface area contributed by atoms with E-state index in [1.807, 2.05) is 0 Å². The maximum Gasteiger partial charge on any atom is 0.244 e. The summed E-state index contributed by atoms with van der Waals surface area (Å²) in [4.78, 5) is 18.3. The molecule has 1 aromatic rings. The predicted octanol–water partition coefficient (Wildman–Crippen LogP) is 0.862. The van der Waals surface area contributed by atoms with Gasteiger partial charge in [0.1, 0.15) is 0 Å². The van der Waals surface area contributed by atoms with Crippen LogP contribution in [0.15, 0.2) is 30.6 Å². The lowest BCUT2D eigenvalue weighted by molar-refractivity contribution is -0.117. The van der Waals surface area contributed by atoms with Crippen LogP contribution in [0.4, 0.5) is 0 Å². The molecule has 0 radical (unpaired) electrons. The number of carbonyl (C=O) groups excluding carboxylic acids is 1. The molecule has 0 unspecified atom stereocenters. The second-order valence-corrected chi connectivity index (χ2v) is 8.62. The van der Waals surface area contributed by atoms with Gasteiger partial charge in [-0.2, -0.15) is 0 Å². The molecule has 6 nitrogen and oxygen atoms in total. The lowest BCUT2D eigenvalue weighted by Crippen LogP contribution is -2.52. The van der Waals surface area contributed by atoms with Crippen molar-refractivity contribution in [2.24, 2.45) is 0 Å². The summed E-state index contributed by atoms with van der Waals surface area (Å²) >= 11 is 0. The normalized spacial score (nSPS) is 27.3.